The zero-order valence-corrected chi connectivity index (χ0v) is 5.68. The van der Waals surface area contributed by atoms with Gasteiger partial charge < -0.3 is 4.84 Å². The standard InChI is InChI=1S/C7H11NO/c1-6-5-7(9-8-6)3-2-4-7/h2-5H2,1H3. The third kappa shape index (κ3) is 0.655. The van der Waals surface area contributed by atoms with Crippen molar-refractivity contribution in [3.8, 4) is 0 Å². The lowest BCUT2D eigenvalue weighted by atomic mass is 9.77. The second-order valence-corrected chi connectivity index (χ2v) is 3.13. The van der Waals surface area contributed by atoms with Crippen LogP contribution in [0.1, 0.15) is 32.6 Å². The van der Waals surface area contributed by atoms with Crippen molar-refractivity contribution >= 4 is 5.71 Å². The summed E-state index contributed by atoms with van der Waals surface area (Å²) in [7, 11) is 0. The molecule has 1 heterocycles. The Balaban J connectivity index is 2.05. The number of oxime groups is 1. The molecule has 9 heavy (non-hydrogen) atoms. The fourth-order valence-electron chi connectivity index (χ4n) is 1.54. The molecule has 1 spiro atoms. The highest BCUT2D eigenvalue weighted by atomic mass is 16.7. The average molecular weight is 125 g/mol. The normalized spacial score (nSPS) is 29.2. The first-order valence-electron chi connectivity index (χ1n) is 3.52. The van der Waals surface area contributed by atoms with Crippen molar-refractivity contribution in [2.75, 3.05) is 0 Å². The fourth-order valence-corrected chi connectivity index (χ4v) is 1.54. The van der Waals surface area contributed by atoms with Crippen LogP contribution >= 0.6 is 0 Å². The van der Waals surface area contributed by atoms with Crippen molar-refractivity contribution in [2.24, 2.45) is 5.16 Å². The van der Waals surface area contributed by atoms with Gasteiger partial charge in [-0.05, 0) is 26.2 Å². The van der Waals surface area contributed by atoms with Gasteiger partial charge in [-0.2, -0.15) is 0 Å². The molecule has 0 aromatic carbocycles. The summed E-state index contributed by atoms with van der Waals surface area (Å²) in [6.07, 6.45) is 4.83. The van der Waals surface area contributed by atoms with Crippen LogP contribution in [0.4, 0.5) is 0 Å². The minimum absolute atomic E-state index is 0.185. The van der Waals surface area contributed by atoms with E-state index in [0.717, 1.165) is 12.1 Å². The van der Waals surface area contributed by atoms with Gasteiger partial charge in [-0.3, -0.25) is 0 Å². The minimum atomic E-state index is 0.185. The Morgan fingerprint density at radius 3 is 2.56 bits per heavy atom. The molecule has 0 saturated heterocycles. The quantitative estimate of drug-likeness (QED) is 0.483. The first kappa shape index (κ1) is 5.27. The molecule has 2 nitrogen and oxygen atoms in total. The first-order valence-corrected chi connectivity index (χ1v) is 3.52. The Bertz CT molecular complexity index is 158. The smallest absolute Gasteiger partial charge is 0.143 e. The van der Waals surface area contributed by atoms with Crippen molar-refractivity contribution in [2.45, 2.75) is 38.2 Å². The topological polar surface area (TPSA) is 21.6 Å². The molecule has 0 bridgehead atoms. The van der Waals surface area contributed by atoms with Crippen molar-refractivity contribution in [3.63, 3.8) is 0 Å². The van der Waals surface area contributed by atoms with E-state index < -0.39 is 0 Å². The molecule has 1 fully saturated rings. The van der Waals surface area contributed by atoms with Crippen LogP contribution in [0.15, 0.2) is 5.16 Å². The predicted molar refractivity (Wildman–Crippen MR) is 35.4 cm³/mol. The van der Waals surface area contributed by atoms with Crippen LogP contribution in [0.5, 0.6) is 0 Å². The maximum absolute atomic E-state index is 5.28. The van der Waals surface area contributed by atoms with Gasteiger partial charge in [-0.25, -0.2) is 0 Å². The molecule has 2 heteroatoms. The van der Waals surface area contributed by atoms with Gasteiger partial charge in [0.25, 0.3) is 0 Å². The van der Waals surface area contributed by atoms with E-state index in [1.807, 2.05) is 6.92 Å². The Kier molecular flexibility index (Phi) is 0.875. The summed E-state index contributed by atoms with van der Waals surface area (Å²) in [6.45, 7) is 2.03. The van der Waals surface area contributed by atoms with Crippen molar-refractivity contribution in [1.29, 1.82) is 0 Å². The Morgan fingerprint density at radius 2 is 2.33 bits per heavy atom. The van der Waals surface area contributed by atoms with Crippen molar-refractivity contribution in [3.05, 3.63) is 0 Å². The molecule has 50 valence electrons. The molecule has 2 aliphatic rings. The van der Waals surface area contributed by atoms with Crippen LogP contribution in [0.2, 0.25) is 0 Å². The molecule has 0 radical (unpaired) electrons. The van der Waals surface area contributed by atoms with Crippen LogP contribution < -0.4 is 0 Å². The highest BCUT2D eigenvalue weighted by Crippen LogP contribution is 2.41. The van der Waals surface area contributed by atoms with Crippen molar-refractivity contribution < 1.29 is 4.84 Å². The lowest BCUT2D eigenvalue weighted by molar-refractivity contribution is -0.0755. The van der Waals surface area contributed by atoms with Crippen LogP contribution in [-0.4, -0.2) is 11.3 Å². The maximum atomic E-state index is 5.28. The van der Waals surface area contributed by atoms with Gasteiger partial charge >= 0.3 is 0 Å². The number of nitrogens with zero attached hydrogens (tertiary/aromatic N) is 1. The first-order chi connectivity index (χ1) is 4.31. The van der Waals surface area contributed by atoms with E-state index in [1.54, 1.807) is 0 Å². The number of hydrogen-bond donors (Lipinski definition) is 0. The molecular formula is C7H11NO. The lowest BCUT2D eigenvalue weighted by Gasteiger charge is -2.34. The molecule has 0 N–H and O–H groups in total. The number of hydrogen-bond acceptors (Lipinski definition) is 2. The van der Waals surface area contributed by atoms with Gasteiger partial charge in [0.2, 0.25) is 0 Å². The Hall–Kier alpha value is -0.530. The van der Waals surface area contributed by atoms with E-state index in [4.69, 9.17) is 4.84 Å². The van der Waals surface area contributed by atoms with E-state index in [-0.39, 0.29) is 5.60 Å². The summed E-state index contributed by atoms with van der Waals surface area (Å²) in [5.41, 5.74) is 1.35. The fraction of sp³-hybridized carbons (Fsp3) is 0.857. The predicted octanol–water partition coefficient (Wildman–Crippen LogP) is 1.71. The molecule has 1 aliphatic heterocycles. The lowest BCUT2D eigenvalue weighted by Crippen LogP contribution is -2.36. The van der Waals surface area contributed by atoms with Crippen LogP contribution in [-0.2, 0) is 4.84 Å². The average Bonchev–Trinajstić information content (AvgIpc) is 2.09. The van der Waals surface area contributed by atoms with E-state index in [2.05, 4.69) is 5.16 Å². The third-order valence-electron chi connectivity index (χ3n) is 2.24. The van der Waals surface area contributed by atoms with Gasteiger partial charge in [0.15, 0.2) is 0 Å². The van der Waals surface area contributed by atoms with E-state index >= 15 is 0 Å². The van der Waals surface area contributed by atoms with Crippen LogP contribution in [0, 0.1) is 0 Å². The van der Waals surface area contributed by atoms with Gasteiger partial charge in [0, 0.05) is 6.42 Å². The molecule has 0 atom stereocenters. The summed E-state index contributed by atoms with van der Waals surface area (Å²) < 4.78 is 0. The molecule has 0 aromatic rings. The van der Waals surface area contributed by atoms with Gasteiger partial charge in [-0.15, -0.1) is 0 Å². The summed E-state index contributed by atoms with van der Waals surface area (Å²) in [6, 6.07) is 0. The van der Waals surface area contributed by atoms with Gasteiger partial charge in [0.1, 0.15) is 5.60 Å². The van der Waals surface area contributed by atoms with E-state index in [1.165, 1.54) is 19.3 Å². The third-order valence-corrected chi connectivity index (χ3v) is 2.24. The summed E-state index contributed by atoms with van der Waals surface area (Å²) in [5, 5.41) is 3.93. The number of rotatable bonds is 0. The van der Waals surface area contributed by atoms with Crippen LogP contribution in [0.3, 0.4) is 0 Å². The zero-order valence-electron chi connectivity index (χ0n) is 5.68. The largest absolute Gasteiger partial charge is 0.389 e. The zero-order chi connectivity index (χ0) is 6.32. The van der Waals surface area contributed by atoms with Gasteiger partial charge in [-0.1, -0.05) is 5.16 Å². The highest BCUT2D eigenvalue weighted by molar-refractivity contribution is 5.83. The van der Waals surface area contributed by atoms with Crippen LogP contribution in [0.25, 0.3) is 0 Å². The SMILES string of the molecule is CC1=NOC2(CCC2)C1. The molecule has 0 aromatic heterocycles. The molecular weight excluding hydrogens is 114 g/mol. The van der Waals surface area contributed by atoms with E-state index in [9.17, 15) is 0 Å². The monoisotopic (exact) mass is 125 g/mol. The molecule has 1 saturated carbocycles. The Labute approximate surface area is 54.9 Å². The molecule has 0 amide bonds. The maximum Gasteiger partial charge on any atom is 0.143 e. The van der Waals surface area contributed by atoms with E-state index in [0.29, 0.717) is 0 Å². The second-order valence-electron chi connectivity index (χ2n) is 3.13. The summed E-state index contributed by atoms with van der Waals surface area (Å²) >= 11 is 0. The summed E-state index contributed by atoms with van der Waals surface area (Å²) in [5.74, 6) is 0. The highest BCUT2D eigenvalue weighted by Gasteiger charge is 2.43. The second kappa shape index (κ2) is 1.49. The molecule has 1 aliphatic carbocycles. The van der Waals surface area contributed by atoms with Gasteiger partial charge in [0.05, 0.1) is 5.71 Å². The minimum Gasteiger partial charge on any atom is -0.389 e. The molecule has 2 rings (SSSR count). The Morgan fingerprint density at radius 1 is 1.56 bits per heavy atom. The van der Waals surface area contributed by atoms with Crippen molar-refractivity contribution in [1.82, 2.24) is 0 Å². The molecule has 0 unspecified atom stereocenters. The summed E-state index contributed by atoms with van der Waals surface area (Å²) in [4.78, 5) is 5.28.